The lowest BCUT2D eigenvalue weighted by atomic mass is 10.3. The van der Waals surface area contributed by atoms with Crippen LogP contribution in [0, 0.1) is 6.92 Å². The second kappa shape index (κ2) is 4.67. The van der Waals surface area contributed by atoms with Gasteiger partial charge in [0.25, 0.3) is 5.91 Å². The van der Waals surface area contributed by atoms with Crippen molar-refractivity contribution in [2.45, 2.75) is 6.92 Å². The van der Waals surface area contributed by atoms with Crippen LogP contribution in [-0.4, -0.2) is 21.1 Å². The predicted octanol–water partition coefficient (Wildman–Crippen LogP) is 2.26. The molecule has 2 aromatic heterocycles. The molecule has 0 aliphatic carbocycles. The molecule has 82 valence electrons. The van der Waals surface area contributed by atoms with Gasteiger partial charge in [-0.3, -0.25) is 10.1 Å². The summed E-state index contributed by atoms with van der Waals surface area (Å²) in [5.74, 6) is -0.302. The number of aromatic nitrogens is 3. The number of anilines is 1. The number of halogens is 1. The van der Waals surface area contributed by atoms with Crippen molar-refractivity contribution in [1.29, 1.82) is 0 Å². The lowest BCUT2D eigenvalue weighted by molar-refractivity contribution is 0.102. The fraction of sp³-hybridized carbons (Fsp3) is 0.111. The van der Waals surface area contributed by atoms with Crippen LogP contribution in [0.5, 0.6) is 0 Å². The molecule has 0 atom stereocenters. The van der Waals surface area contributed by atoms with Gasteiger partial charge in [0.1, 0.15) is 10.7 Å². The van der Waals surface area contributed by atoms with Gasteiger partial charge in [-0.25, -0.2) is 4.98 Å². The highest BCUT2D eigenvalue weighted by atomic mass is 79.9. The van der Waals surface area contributed by atoms with E-state index >= 15 is 0 Å². The van der Waals surface area contributed by atoms with Gasteiger partial charge in [-0.2, -0.15) is 0 Å². The monoisotopic (exact) mass is 298 g/mol. The number of nitrogens with one attached hydrogen (secondary N) is 1. The van der Waals surface area contributed by atoms with Crippen molar-refractivity contribution in [1.82, 2.24) is 15.2 Å². The molecule has 0 unspecified atom stereocenters. The van der Waals surface area contributed by atoms with Crippen molar-refractivity contribution in [2.75, 3.05) is 5.32 Å². The summed E-state index contributed by atoms with van der Waals surface area (Å²) in [6, 6.07) is 3.50. The fourth-order valence-corrected chi connectivity index (χ4v) is 2.08. The second-order valence-electron chi connectivity index (χ2n) is 2.91. The van der Waals surface area contributed by atoms with E-state index in [-0.39, 0.29) is 5.91 Å². The molecule has 5 nitrogen and oxygen atoms in total. The first-order valence-corrected chi connectivity index (χ1v) is 6.00. The molecule has 16 heavy (non-hydrogen) atoms. The molecule has 0 spiro atoms. The molecule has 0 aliphatic rings. The number of rotatable bonds is 2. The Morgan fingerprint density at radius 2 is 2.31 bits per heavy atom. The number of pyridine rings is 1. The van der Waals surface area contributed by atoms with E-state index in [0.29, 0.717) is 15.3 Å². The quantitative estimate of drug-likeness (QED) is 0.923. The van der Waals surface area contributed by atoms with Gasteiger partial charge in [0, 0.05) is 10.7 Å². The van der Waals surface area contributed by atoms with E-state index in [4.69, 9.17) is 0 Å². The molecule has 7 heteroatoms. The SMILES string of the molecule is Cc1nnc(NC(=O)c2ncccc2Br)s1. The number of hydrogen-bond acceptors (Lipinski definition) is 5. The van der Waals surface area contributed by atoms with E-state index in [1.165, 1.54) is 11.3 Å². The topological polar surface area (TPSA) is 67.8 Å². The van der Waals surface area contributed by atoms with Crippen molar-refractivity contribution >= 4 is 38.3 Å². The molecule has 0 saturated carbocycles. The fourth-order valence-electron chi connectivity index (χ4n) is 1.06. The standard InChI is InChI=1S/C9H7BrN4OS/c1-5-13-14-9(16-5)12-8(15)7-6(10)3-2-4-11-7/h2-4H,1H3,(H,12,14,15). The van der Waals surface area contributed by atoms with Crippen LogP contribution in [-0.2, 0) is 0 Å². The number of nitrogens with zero attached hydrogens (tertiary/aromatic N) is 3. The first-order chi connectivity index (χ1) is 7.66. The van der Waals surface area contributed by atoms with Crippen LogP contribution in [0.25, 0.3) is 0 Å². The van der Waals surface area contributed by atoms with Gasteiger partial charge in [-0.15, -0.1) is 10.2 Å². The summed E-state index contributed by atoms with van der Waals surface area (Å²) in [5, 5.41) is 11.5. The lowest BCUT2D eigenvalue weighted by Gasteiger charge is -2.01. The Bertz CT molecular complexity index is 528. The largest absolute Gasteiger partial charge is 0.295 e. The molecule has 1 N–H and O–H groups in total. The third kappa shape index (κ3) is 2.42. The number of hydrogen-bond donors (Lipinski definition) is 1. The maximum Gasteiger partial charge on any atom is 0.277 e. The van der Waals surface area contributed by atoms with Crippen LogP contribution in [0.2, 0.25) is 0 Å². The zero-order chi connectivity index (χ0) is 11.5. The molecule has 2 heterocycles. The van der Waals surface area contributed by atoms with E-state index in [1.54, 1.807) is 18.3 Å². The third-order valence-electron chi connectivity index (χ3n) is 1.72. The molecule has 2 aromatic rings. The van der Waals surface area contributed by atoms with E-state index in [1.807, 2.05) is 6.92 Å². The van der Waals surface area contributed by atoms with Gasteiger partial charge in [-0.05, 0) is 35.0 Å². The van der Waals surface area contributed by atoms with Crippen molar-refractivity contribution < 1.29 is 4.79 Å². The van der Waals surface area contributed by atoms with Gasteiger partial charge in [0.2, 0.25) is 5.13 Å². The summed E-state index contributed by atoms with van der Waals surface area (Å²) in [4.78, 5) is 15.8. The zero-order valence-corrected chi connectivity index (χ0v) is 10.7. The normalized spacial score (nSPS) is 10.1. The lowest BCUT2D eigenvalue weighted by Crippen LogP contribution is -2.14. The third-order valence-corrected chi connectivity index (χ3v) is 3.11. The smallest absolute Gasteiger partial charge is 0.277 e. The highest BCUT2D eigenvalue weighted by Gasteiger charge is 2.12. The number of carbonyl (C=O) groups is 1. The summed E-state index contributed by atoms with van der Waals surface area (Å²) in [5.41, 5.74) is 0.329. The minimum atomic E-state index is -0.302. The zero-order valence-electron chi connectivity index (χ0n) is 8.27. The van der Waals surface area contributed by atoms with Crippen LogP contribution in [0.4, 0.5) is 5.13 Å². The highest BCUT2D eigenvalue weighted by Crippen LogP contribution is 2.17. The van der Waals surface area contributed by atoms with Crippen molar-refractivity contribution in [3.05, 3.63) is 33.5 Å². The minimum Gasteiger partial charge on any atom is -0.295 e. The van der Waals surface area contributed by atoms with E-state index < -0.39 is 0 Å². The summed E-state index contributed by atoms with van der Waals surface area (Å²) in [7, 11) is 0. The van der Waals surface area contributed by atoms with Crippen molar-refractivity contribution in [3.63, 3.8) is 0 Å². The Balaban J connectivity index is 2.18. The molecule has 0 saturated heterocycles. The number of carbonyl (C=O) groups excluding carboxylic acids is 1. The van der Waals surface area contributed by atoms with Gasteiger partial charge in [0.05, 0.1) is 0 Å². The Labute approximate surface area is 104 Å². The molecule has 0 bridgehead atoms. The maximum atomic E-state index is 11.8. The van der Waals surface area contributed by atoms with E-state index in [2.05, 4.69) is 36.4 Å². The summed E-state index contributed by atoms with van der Waals surface area (Å²) in [6.07, 6.45) is 1.56. The molecule has 0 fully saturated rings. The number of aryl methyl sites for hydroxylation is 1. The second-order valence-corrected chi connectivity index (χ2v) is 4.95. The molecule has 0 radical (unpaired) electrons. The maximum absolute atomic E-state index is 11.8. The first-order valence-electron chi connectivity index (χ1n) is 4.39. The van der Waals surface area contributed by atoms with Gasteiger partial charge < -0.3 is 0 Å². The average Bonchev–Trinajstić information content (AvgIpc) is 2.64. The average molecular weight is 299 g/mol. The van der Waals surface area contributed by atoms with Crippen LogP contribution in [0.1, 0.15) is 15.5 Å². The van der Waals surface area contributed by atoms with Gasteiger partial charge >= 0.3 is 0 Å². The van der Waals surface area contributed by atoms with E-state index in [9.17, 15) is 4.79 Å². The Kier molecular flexibility index (Phi) is 3.25. The molecule has 0 aromatic carbocycles. The summed E-state index contributed by atoms with van der Waals surface area (Å²) >= 11 is 4.58. The molecule has 1 amide bonds. The molecular formula is C9H7BrN4OS. The van der Waals surface area contributed by atoms with Crippen molar-refractivity contribution in [2.24, 2.45) is 0 Å². The van der Waals surface area contributed by atoms with Crippen molar-refractivity contribution in [3.8, 4) is 0 Å². The Hall–Kier alpha value is -1.34. The summed E-state index contributed by atoms with van der Waals surface area (Å²) in [6.45, 7) is 1.82. The Morgan fingerprint density at radius 1 is 1.50 bits per heavy atom. The number of amides is 1. The molecule has 0 aliphatic heterocycles. The van der Waals surface area contributed by atoms with Gasteiger partial charge in [0.15, 0.2) is 0 Å². The van der Waals surface area contributed by atoms with E-state index in [0.717, 1.165) is 5.01 Å². The molecule has 2 rings (SSSR count). The first kappa shape index (κ1) is 11.2. The highest BCUT2D eigenvalue weighted by molar-refractivity contribution is 9.10. The van der Waals surface area contributed by atoms with Crippen LogP contribution in [0.15, 0.2) is 22.8 Å². The summed E-state index contributed by atoms with van der Waals surface area (Å²) < 4.78 is 0.647. The predicted molar refractivity (Wildman–Crippen MR) is 64.5 cm³/mol. The van der Waals surface area contributed by atoms with Crippen LogP contribution >= 0.6 is 27.3 Å². The van der Waals surface area contributed by atoms with Crippen LogP contribution in [0.3, 0.4) is 0 Å². The van der Waals surface area contributed by atoms with Crippen LogP contribution < -0.4 is 5.32 Å². The Morgan fingerprint density at radius 3 is 2.94 bits per heavy atom. The molecular weight excluding hydrogens is 292 g/mol. The van der Waals surface area contributed by atoms with Gasteiger partial charge in [-0.1, -0.05) is 11.3 Å². The minimum absolute atomic E-state index is 0.302.